The van der Waals surface area contributed by atoms with Crippen molar-refractivity contribution >= 4 is 0 Å². The van der Waals surface area contributed by atoms with Gasteiger partial charge in [0.1, 0.15) is 5.75 Å². The van der Waals surface area contributed by atoms with E-state index in [0.717, 1.165) is 31.7 Å². The van der Waals surface area contributed by atoms with Gasteiger partial charge < -0.3 is 10.1 Å². The molecule has 0 atom stereocenters. The quantitative estimate of drug-likeness (QED) is 0.768. The maximum atomic E-state index is 5.91. The second kappa shape index (κ2) is 8.09. The molecule has 0 aliphatic heterocycles. The number of hydrogen-bond acceptors (Lipinski definition) is 3. The Balaban J connectivity index is 2.58. The molecule has 0 unspecified atom stereocenters. The molecule has 18 heavy (non-hydrogen) atoms. The fourth-order valence-electron chi connectivity index (χ4n) is 1.73. The number of nitrogens with one attached hydrogen (secondary N) is 1. The second-order valence-corrected chi connectivity index (χ2v) is 5.01. The predicted molar refractivity (Wildman–Crippen MR) is 75.8 cm³/mol. The van der Waals surface area contributed by atoms with Crippen LogP contribution in [0.2, 0.25) is 0 Å². The molecule has 1 N–H and O–H groups in total. The average molecular weight is 250 g/mol. The van der Waals surface area contributed by atoms with Crippen LogP contribution in [0.3, 0.4) is 0 Å². The number of pyridine rings is 1. The number of hydrogen-bond donors (Lipinski definition) is 1. The van der Waals surface area contributed by atoms with Gasteiger partial charge in [0.15, 0.2) is 0 Å². The maximum absolute atomic E-state index is 5.91. The summed E-state index contributed by atoms with van der Waals surface area (Å²) in [5, 5.41) is 3.41. The van der Waals surface area contributed by atoms with Gasteiger partial charge in [-0.25, -0.2) is 0 Å². The van der Waals surface area contributed by atoms with Crippen LogP contribution in [0.25, 0.3) is 0 Å². The summed E-state index contributed by atoms with van der Waals surface area (Å²) in [6.07, 6.45) is 5.97. The SMILES string of the molecule is CCC(CC)COc1cnccc1CNC(C)C. The standard InChI is InChI=1S/C15H26N2O/c1-5-13(6-2)11-18-15-10-16-8-7-14(15)9-17-12(3)4/h7-8,10,12-13,17H,5-6,9,11H2,1-4H3. The highest BCUT2D eigenvalue weighted by Crippen LogP contribution is 2.18. The molecule has 0 aromatic carbocycles. The zero-order valence-corrected chi connectivity index (χ0v) is 12.1. The molecule has 1 aromatic heterocycles. The van der Waals surface area contributed by atoms with Crippen molar-refractivity contribution in [1.29, 1.82) is 0 Å². The van der Waals surface area contributed by atoms with Crippen molar-refractivity contribution in [2.45, 2.75) is 53.1 Å². The van der Waals surface area contributed by atoms with Gasteiger partial charge >= 0.3 is 0 Å². The van der Waals surface area contributed by atoms with Crippen LogP contribution in [0.15, 0.2) is 18.5 Å². The monoisotopic (exact) mass is 250 g/mol. The Kier molecular flexibility index (Phi) is 6.73. The summed E-state index contributed by atoms with van der Waals surface area (Å²) in [7, 11) is 0. The van der Waals surface area contributed by atoms with Crippen molar-refractivity contribution in [1.82, 2.24) is 10.3 Å². The summed E-state index contributed by atoms with van der Waals surface area (Å²) in [5.74, 6) is 1.55. The summed E-state index contributed by atoms with van der Waals surface area (Å²) in [4.78, 5) is 4.15. The lowest BCUT2D eigenvalue weighted by Crippen LogP contribution is -2.22. The van der Waals surface area contributed by atoms with E-state index in [1.54, 1.807) is 0 Å². The summed E-state index contributed by atoms with van der Waals surface area (Å²) in [5.41, 5.74) is 1.18. The zero-order chi connectivity index (χ0) is 13.4. The second-order valence-electron chi connectivity index (χ2n) is 5.01. The average Bonchev–Trinajstić information content (AvgIpc) is 2.38. The Labute approximate surface area is 111 Å². The summed E-state index contributed by atoms with van der Waals surface area (Å²) < 4.78 is 5.91. The van der Waals surface area contributed by atoms with E-state index in [0.29, 0.717) is 12.0 Å². The molecule has 0 radical (unpaired) electrons. The van der Waals surface area contributed by atoms with Crippen molar-refractivity contribution in [2.75, 3.05) is 6.61 Å². The Bertz CT molecular complexity index is 335. The molecular formula is C15H26N2O. The fourth-order valence-corrected chi connectivity index (χ4v) is 1.73. The van der Waals surface area contributed by atoms with Crippen LogP contribution in [0.4, 0.5) is 0 Å². The third kappa shape index (κ3) is 5.05. The third-order valence-electron chi connectivity index (χ3n) is 3.20. The van der Waals surface area contributed by atoms with E-state index in [4.69, 9.17) is 4.74 Å². The van der Waals surface area contributed by atoms with Crippen LogP contribution < -0.4 is 10.1 Å². The fraction of sp³-hybridized carbons (Fsp3) is 0.667. The van der Waals surface area contributed by atoms with Gasteiger partial charge in [0.05, 0.1) is 12.8 Å². The molecule has 0 aliphatic carbocycles. The molecule has 0 aliphatic rings. The molecule has 0 fully saturated rings. The van der Waals surface area contributed by atoms with Crippen LogP contribution >= 0.6 is 0 Å². The molecule has 102 valence electrons. The van der Waals surface area contributed by atoms with E-state index in [9.17, 15) is 0 Å². The van der Waals surface area contributed by atoms with Crippen LogP contribution in [-0.4, -0.2) is 17.6 Å². The van der Waals surface area contributed by atoms with Gasteiger partial charge in [-0.15, -0.1) is 0 Å². The van der Waals surface area contributed by atoms with Crippen molar-refractivity contribution in [3.8, 4) is 5.75 Å². The minimum absolute atomic E-state index is 0.477. The molecule has 0 amide bonds. The van der Waals surface area contributed by atoms with Gasteiger partial charge in [-0.2, -0.15) is 0 Å². The van der Waals surface area contributed by atoms with Crippen molar-refractivity contribution < 1.29 is 4.74 Å². The smallest absolute Gasteiger partial charge is 0.142 e. The lowest BCUT2D eigenvalue weighted by molar-refractivity contribution is 0.237. The highest BCUT2D eigenvalue weighted by atomic mass is 16.5. The first-order valence-corrected chi connectivity index (χ1v) is 6.96. The minimum Gasteiger partial charge on any atom is -0.491 e. The molecular weight excluding hydrogens is 224 g/mol. The van der Waals surface area contributed by atoms with Gasteiger partial charge in [0.2, 0.25) is 0 Å². The molecule has 0 spiro atoms. The first-order chi connectivity index (χ1) is 8.67. The van der Waals surface area contributed by atoms with E-state index in [2.05, 4.69) is 38.0 Å². The van der Waals surface area contributed by atoms with E-state index < -0.39 is 0 Å². The maximum Gasteiger partial charge on any atom is 0.142 e. The minimum atomic E-state index is 0.477. The first-order valence-electron chi connectivity index (χ1n) is 6.96. The number of nitrogens with zero attached hydrogens (tertiary/aromatic N) is 1. The summed E-state index contributed by atoms with van der Waals surface area (Å²) in [6.45, 7) is 10.3. The van der Waals surface area contributed by atoms with E-state index in [1.165, 1.54) is 5.56 Å². The Hall–Kier alpha value is -1.09. The van der Waals surface area contributed by atoms with Gasteiger partial charge in [-0.1, -0.05) is 40.5 Å². The highest BCUT2D eigenvalue weighted by Gasteiger charge is 2.08. The van der Waals surface area contributed by atoms with Crippen LogP contribution in [0.5, 0.6) is 5.75 Å². The van der Waals surface area contributed by atoms with Gasteiger partial charge in [-0.3, -0.25) is 4.98 Å². The predicted octanol–water partition coefficient (Wildman–Crippen LogP) is 3.39. The number of ether oxygens (including phenoxy) is 1. The molecule has 0 saturated carbocycles. The Morgan fingerprint density at radius 2 is 2.00 bits per heavy atom. The molecule has 0 saturated heterocycles. The number of aromatic nitrogens is 1. The van der Waals surface area contributed by atoms with E-state index in [-0.39, 0.29) is 0 Å². The van der Waals surface area contributed by atoms with Gasteiger partial charge in [0, 0.05) is 24.3 Å². The topological polar surface area (TPSA) is 34.1 Å². The van der Waals surface area contributed by atoms with Crippen molar-refractivity contribution in [3.63, 3.8) is 0 Å². The third-order valence-corrected chi connectivity index (χ3v) is 3.20. The first kappa shape index (κ1) is 15.0. The molecule has 1 heterocycles. The molecule has 1 aromatic rings. The van der Waals surface area contributed by atoms with E-state index in [1.807, 2.05) is 18.5 Å². The van der Waals surface area contributed by atoms with Gasteiger partial charge in [0.25, 0.3) is 0 Å². The van der Waals surface area contributed by atoms with Crippen LogP contribution in [0.1, 0.15) is 46.1 Å². The van der Waals surface area contributed by atoms with Crippen molar-refractivity contribution in [3.05, 3.63) is 24.0 Å². The molecule has 3 nitrogen and oxygen atoms in total. The van der Waals surface area contributed by atoms with Gasteiger partial charge in [-0.05, 0) is 12.0 Å². The summed E-state index contributed by atoms with van der Waals surface area (Å²) in [6, 6.07) is 2.50. The normalized spacial score (nSPS) is 11.2. The molecule has 3 heteroatoms. The molecule has 1 rings (SSSR count). The zero-order valence-electron chi connectivity index (χ0n) is 12.1. The Morgan fingerprint density at radius 1 is 1.28 bits per heavy atom. The highest BCUT2D eigenvalue weighted by molar-refractivity contribution is 5.29. The number of rotatable bonds is 8. The Morgan fingerprint density at radius 3 is 2.61 bits per heavy atom. The largest absolute Gasteiger partial charge is 0.491 e. The van der Waals surface area contributed by atoms with E-state index >= 15 is 0 Å². The summed E-state index contributed by atoms with van der Waals surface area (Å²) >= 11 is 0. The lowest BCUT2D eigenvalue weighted by atomic mass is 10.1. The lowest BCUT2D eigenvalue weighted by Gasteiger charge is -2.16. The van der Waals surface area contributed by atoms with Crippen LogP contribution in [0, 0.1) is 5.92 Å². The van der Waals surface area contributed by atoms with Crippen LogP contribution in [-0.2, 0) is 6.54 Å². The van der Waals surface area contributed by atoms with Crippen molar-refractivity contribution in [2.24, 2.45) is 5.92 Å². The molecule has 0 bridgehead atoms.